The Balaban J connectivity index is 1.19. The number of aromatic nitrogens is 1. The zero-order valence-corrected chi connectivity index (χ0v) is 24.1. The Bertz CT molecular complexity index is 1450. The molecule has 0 radical (unpaired) electrons. The number of likely N-dealkylation sites (tertiary alicyclic amines) is 2. The fraction of sp³-hybridized carbons (Fsp3) is 0.467. The lowest BCUT2D eigenvalue weighted by atomic mass is 10.0. The number of thiazole rings is 1. The van der Waals surface area contributed by atoms with E-state index in [1.54, 1.807) is 16.9 Å². The molecule has 1 aromatic heterocycles. The Labute approximate surface area is 238 Å². The van der Waals surface area contributed by atoms with Crippen LogP contribution in [0.5, 0.6) is 5.75 Å². The molecule has 0 spiro atoms. The van der Waals surface area contributed by atoms with Crippen molar-refractivity contribution in [3.05, 3.63) is 48.0 Å². The van der Waals surface area contributed by atoms with Gasteiger partial charge in [-0.25, -0.2) is 9.78 Å². The number of fused-ring (bicyclic) bond motifs is 2. The summed E-state index contributed by atoms with van der Waals surface area (Å²) in [4.78, 5) is 50.8. The number of nitrogens with one attached hydrogen (secondary N) is 1. The van der Waals surface area contributed by atoms with Crippen LogP contribution in [0.1, 0.15) is 51.5 Å². The molecule has 210 valence electrons. The van der Waals surface area contributed by atoms with Crippen LogP contribution < -0.4 is 15.0 Å². The van der Waals surface area contributed by atoms with E-state index in [-0.39, 0.29) is 35.8 Å². The number of carbonyl (C=O) groups excluding carboxylic acids is 3. The van der Waals surface area contributed by atoms with Gasteiger partial charge < -0.3 is 19.9 Å². The molecule has 3 aromatic rings. The van der Waals surface area contributed by atoms with Crippen LogP contribution in [0.3, 0.4) is 0 Å². The number of carbonyl (C=O) groups is 3. The molecule has 1 N–H and O–H groups in total. The first kappa shape index (κ1) is 26.6. The number of urea groups is 1. The van der Waals surface area contributed by atoms with Crippen molar-refractivity contribution in [1.82, 2.24) is 14.8 Å². The van der Waals surface area contributed by atoms with E-state index in [9.17, 15) is 14.4 Å². The summed E-state index contributed by atoms with van der Waals surface area (Å²) in [6.45, 7) is 7.25. The summed E-state index contributed by atoms with van der Waals surface area (Å²) in [5.74, 6) is 0.649. The lowest BCUT2D eigenvalue weighted by Crippen LogP contribution is -2.52. The van der Waals surface area contributed by atoms with E-state index in [4.69, 9.17) is 9.72 Å². The van der Waals surface area contributed by atoms with E-state index >= 15 is 0 Å². The van der Waals surface area contributed by atoms with Gasteiger partial charge in [-0.15, -0.1) is 0 Å². The Morgan fingerprint density at radius 1 is 1.07 bits per heavy atom. The van der Waals surface area contributed by atoms with Gasteiger partial charge in [0, 0.05) is 18.8 Å². The number of ether oxygens (including phenoxy) is 1. The van der Waals surface area contributed by atoms with Gasteiger partial charge in [0.25, 0.3) is 0 Å². The highest BCUT2D eigenvalue weighted by molar-refractivity contribution is 7.22. The zero-order valence-electron chi connectivity index (χ0n) is 23.3. The molecule has 0 bridgehead atoms. The van der Waals surface area contributed by atoms with Gasteiger partial charge in [-0.05, 0) is 55.0 Å². The van der Waals surface area contributed by atoms with Crippen LogP contribution in [0.15, 0.2) is 42.5 Å². The molecule has 0 unspecified atom stereocenters. The molecule has 0 aliphatic carbocycles. The number of methoxy groups -OCH3 is 1. The molecular weight excluding hydrogens is 526 g/mol. The van der Waals surface area contributed by atoms with Crippen molar-refractivity contribution in [2.24, 2.45) is 5.92 Å². The molecule has 4 amide bonds. The standard InChI is InChI=1S/C30H35N5O4S/c1-17(2)19-10-12-20(13-11-19)31-29(38)33-15-6-7-22(33)28(37)34-16-14-21-26(34)18(3)27(36)35(21)30-32-25-23(39-4)8-5-9-24(25)40-30/h5,8-13,17-18,21-22,26H,6-7,14-16H2,1-4H3,(H,31,38)/t18-,21-,22-,26+/m0/s1. The lowest BCUT2D eigenvalue weighted by Gasteiger charge is -2.32. The molecule has 2 aromatic carbocycles. The maximum Gasteiger partial charge on any atom is 0.322 e. The molecule has 10 heteroatoms. The average molecular weight is 562 g/mol. The van der Waals surface area contributed by atoms with E-state index in [2.05, 4.69) is 19.2 Å². The Morgan fingerprint density at radius 2 is 1.85 bits per heavy atom. The maximum atomic E-state index is 13.9. The van der Waals surface area contributed by atoms with Crippen LogP contribution in [-0.2, 0) is 9.59 Å². The van der Waals surface area contributed by atoms with Crippen molar-refractivity contribution in [2.75, 3.05) is 30.4 Å². The highest BCUT2D eigenvalue weighted by atomic mass is 32.1. The normalized spacial score (nSPS) is 24.3. The van der Waals surface area contributed by atoms with Gasteiger partial charge in [-0.1, -0.05) is 50.3 Å². The zero-order chi connectivity index (χ0) is 28.1. The van der Waals surface area contributed by atoms with Crippen LogP contribution in [0.25, 0.3) is 10.2 Å². The molecular formula is C30H35N5O4S. The third-order valence-electron chi connectivity index (χ3n) is 8.60. The Kier molecular flexibility index (Phi) is 6.90. The molecule has 3 fully saturated rings. The molecule has 4 atom stereocenters. The molecule has 3 aliphatic heterocycles. The highest BCUT2D eigenvalue weighted by Gasteiger charge is 2.55. The first-order valence-electron chi connectivity index (χ1n) is 14.0. The maximum absolute atomic E-state index is 13.9. The fourth-order valence-corrected chi connectivity index (χ4v) is 7.54. The number of anilines is 2. The second kappa shape index (κ2) is 10.4. The first-order valence-corrected chi connectivity index (χ1v) is 14.8. The second-order valence-electron chi connectivity index (χ2n) is 11.2. The third kappa shape index (κ3) is 4.38. The van der Waals surface area contributed by atoms with Crippen LogP contribution in [0.2, 0.25) is 0 Å². The Hall–Kier alpha value is -3.66. The molecule has 6 rings (SSSR count). The van der Waals surface area contributed by atoms with Gasteiger partial charge in [-0.3, -0.25) is 14.5 Å². The SMILES string of the molecule is COc1cccc2sc(N3C(=O)[C@@H](C)[C@@H]4[C@@H]3CCN4C(=O)[C@@H]3CCCN3C(=O)Nc3ccc(C(C)C)cc3)nc12. The van der Waals surface area contributed by atoms with Crippen molar-refractivity contribution in [3.63, 3.8) is 0 Å². The predicted molar refractivity (Wildman–Crippen MR) is 156 cm³/mol. The second-order valence-corrected chi connectivity index (χ2v) is 12.2. The summed E-state index contributed by atoms with van der Waals surface area (Å²) >= 11 is 1.47. The highest BCUT2D eigenvalue weighted by Crippen LogP contribution is 2.43. The summed E-state index contributed by atoms with van der Waals surface area (Å²) in [6.07, 6.45) is 2.07. The molecule has 3 aliphatic rings. The smallest absolute Gasteiger partial charge is 0.322 e. The van der Waals surface area contributed by atoms with E-state index in [0.717, 1.165) is 16.6 Å². The number of rotatable bonds is 5. The van der Waals surface area contributed by atoms with E-state index < -0.39 is 6.04 Å². The van der Waals surface area contributed by atoms with E-state index in [0.29, 0.717) is 48.4 Å². The van der Waals surface area contributed by atoms with Gasteiger partial charge >= 0.3 is 6.03 Å². The van der Waals surface area contributed by atoms with Crippen molar-refractivity contribution >= 4 is 50.2 Å². The number of hydrogen-bond acceptors (Lipinski definition) is 6. The summed E-state index contributed by atoms with van der Waals surface area (Å²) in [6, 6.07) is 12.4. The quantitative estimate of drug-likeness (QED) is 0.469. The van der Waals surface area contributed by atoms with Crippen LogP contribution in [0, 0.1) is 5.92 Å². The molecule has 4 heterocycles. The fourth-order valence-electron chi connectivity index (χ4n) is 6.49. The molecule has 9 nitrogen and oxygen atoms in total. The van der Waals surface area contributed by atoms with Crippen molar-refractivity contribution in [2.45, 2.75) is 64.1 Å². The summed E-state index contributed by atoms with van der Waals surface area (Å²) < 4.78 is 6.43. The number of benzene rings is 2. The van der Waals surface area contributed by atoms with Crippen LogP contribution in [-0.4, -0.2) is 71.0 Å². The van der Waals surface area contributed by atoms with Crippen LogP contribution in [0.4, 0.5) is 15.6 Å². The Morgan fingerprint density at radius 3 is 2.58 bits per heavy atom. The van der Waals surface area contributed by atoms with Gasteiger partial charge in [0.1, 0.15) is 17.3 Å². The monoisotopic (exact) mass is 561 g/mol. The minimum Gasteiger partial charge on any atom is -0.494 e. The van der Waals surface area contributed by atoms with Crippen molar-refractivity contribution in [3.8, 4) is 5.75 Å². The van der Waals surface area contributed by atoms with Crippen LogP contribution >= 0.6 is 11.3 Å². The summed E-state index contributed by atoms with van der Waals surface area (Å²) in [5, 5.41) is 3.62. The molecule has 40 heavy (non-hydrogen) atoms. The van der Waals surface area contributed by atoms with Gasteiger partial charge in [-0.2, -0.15) is 0 Å². The number of nitrogens with zero attached hydrogens (tertiary/aromatic N) is 4. The van der Waals surface area contributed by atoms with E-state index in [1.165, 1.54) is 16.9 Å². The van der Waals surface area contributed by atoms with Gasteiger partial charge in [0.15, 0.2) is 5.13 Å². The predicted octanol–water partition coefficient (Wildman–Crippen LogP) is 5.08. The minimum absolute atomic E-state index is 0.0172. The van der Waals surface area contributed by atoms with Crippen molar-refractivity contribution in [1.29, 1.82) is 0 Å². The third-order valence-corrected chi connectivity index (χ3v) is 9.62. The summed E-state index contributed by atoms with van der Waals surface area (Å²) in [5.41, 5.74) is 2.66. The largest absolute Gasteiger partial charge is 0.494 e. The minimum atomic E-state index is -0.531. The van der Waals surface area contributed by atoms with E-state index in [1.807, 2.05) is 54.3 Å². The molecule has 0 saturated carbocycles. The number of hydrogen-bond donors (Lipinski definition) is 1. The molecule has 3 saturated heterocycles. The number of amides is 4. The van der Waals surface area contributed by atoms with Gasteiger partial charge in [0.2, 0.25) is 11.8 Å². The number of para-hydroxylation sites is 1. The summed E-state index contributed by atoms with van der Waals surface area (Å²) in [7, 11) is 1.61. The topological polar surface area (TPSA) is 95.1 Å². The average Bonchev–Trinajstić information content (AvgIpc) is 3.73. The first-order chi connectivity index (χ1) is 19.3. The lowest BCUT2D eigenvalue weighted by molar-refractivity contribution is -0.137. The van der Waals surface area contributed by atoms with Crippen molar-refractivity contribution < 1.29 is 19.1 Å². The van der Waals surface area contributed by atoms with Gasteiger partial charge in [0.05, 0.1) is 29.8 Å².